The lowest BCUT2D eigenvalue weighted by molar-refractivity contribution is -0.115. The summed E-state index contributed by atoms with van der Waals surface area (Å²) in [5.41, 5.74) is 0.572. The molecule has 3 rings (SSSR count). The molecule has 1 aromatic heterocycles. The zero-order valence-corrected chi connectivity index (χ0v) is 16.4. The topological polar surface area (TPSA) is 84.3 Å². The van der Waals surface area contributed by atoms with Crippen molar-refractivity contribution in [2.75, 3.05) is 18.4 Å². The van der Waals surface area contributed by atoms with Crippen molar-refractivity contribution in [1.82, 2.24) is 13.9 Å². The molecule has 140 valence electrons. The number of imidazole rings is 1. The van der Waals surface area contributed by atoms with Gasteiger partial charge in [0.25, 0.3) is 0 Å². The van der Waals surface area contributed by atoms with Crippen molar-refractivity contribution in [2.45, 2.75) is 35.1 Å². The zero-order chi connectivity index (χ0) is 18.7. The highest BCUT2D eigenvalue weighted by Crippen LogP contribution is 2.24. The van der Waals surface area contributed by atoms with Crippen molar-refractivity contribution in [2.24, 2.45) is 7.05 Å². The van der Waals surface area contributed by atoms with Gasteiger partial charge in [-0.2, -0.15) is 4.31 Å². The van der Waals surface area contributed by atoms with E-state index in [1.54, 1.807) is 37.4 Å². The van der Waals surface area contributed by atoms with E-state index < -0.39 is 10.0 Å². The number of thioether (sulfide) groups is 1. The number of hydrogen-bond donors (Lipinski definition) is 1. The van der Waals surface area contributed by atoms with E-state index >= 15 is 0 Å². The summed E-state index contributed by atoms with van der Waals surface area (Å²) in [6.45, 7) is 2.95. The van der Waals surface area contributed by atoms with Gasteiger partial charge in [-0.15, -0.1) is 0 Å². The van der Waals surface area contributed by atoms with Crippen molar-refractivity contribution in [3.8, 4) is 0 Å². The number of amides is 1. The molecule has 9 heteroatoms. The Morgan fingerprint density at radius 2 is 1.88 bits per heavy atom. The summed E-state index contributed by atoms with van der Waals surface area (Å²) in [5.74, 6) is -0.159. The lowest BCUT2D eigenvalue weighted by Gasteiger charge is -2.16. The molecule has 0 bridgehead atoms. The maximum atomic E-state index is 12.5. The fourth-order valence-electron chi connectivity index (χ4n) is 2.71. The summed E-state index contributed by atoms with van der Waals surface area (Å²) in [7, 11) is -1.56. The Labute approximate surface area is 157 Å². The molecule has 1 aliphatic rings. The molecule has 1 aromatic carbocycles. The van der Waals surface area contributed by atoms with E-state index in [-0.39, 0.29) is 16.1 Å². The third-order valence-electron chi connectivity index (χ3n) is 4.25. The SMILES string of the molecule is CC(Sc1nccn1C)C(=O)Nc1ccc(S(=O)(=O)N2CCCC2)cc1. The van der Waals surface area contributed by atoms with Crippen LogP contribution in [0.25, 0.3) is 0 Å². The minimum absolute atomic E-state index is 0.159. The molecular formula is C17H22N4O3S2. The third-order valence-corrected chi connectivity index (χ3v) is 7.34. The highest BCUT2D eigenvalue weighted by Gasteiger charge is 2.27. The molecule has 0 spiro atoms. The summed E-state index contributed by atoms with van der Waals surface area (Å²) in [5, 5.41) is 3.25. The summed E-state index contributed by atoms with van der Waals surface area (Å²) >= 11 is 1.37. The van der Waals surface area contributed by atoms with Gasteiger partial charge in [-0.1, -0.05) is 11.8 Å². The second-order valence-electron chi connectivity index (χ2n) is 6.21. The number of rotatable bonds is 6. The molecule has 1 saturated heterocycles. The van der Waals surface area contributed by atoms with Crippen LogP contribution in [0.3, 0.4) is 0 Å². The van der Waals surface area contributed by atoms with Crippen LogP contribution >= 0.6 is 11.8 Å². The Morgan fingerprint density at radius 3 is 2.46 bits per heavy atom. The lowest BCUT2D eigenvalue weighted by Crippen LogP contribution is -2.27. The van der Waals surface area contributed by atoms with Crippen molar-refractivity contribution in [1.29, 1.82) is 0 Å². The van der Waals surface area contributed by atoms with Gasteiger partial charge >= 0.3 is 0 Å². The average Bonchev–Trinajstić information content (AvgIpc) is 3.28. The van der Waals surface area contributed by atoms with Crippen LogP contribution in [0.1, 0.15) is 19.8 Å². The molecule has 2 heterocycles. The monoisotopic (exact) mass is 394 g/mol. The van der Waals surface area contributed by atoms with E-state index in [1.165, 1.54) is 16.1 Å². The summed E-state index contributed by atoms with van der Waals surface area (Å²) in [6.07, 6.45) is 5.32. The first-order valence-electron chi connectivity index (χ1n) is 8.43. The number of carbonyl (C=O) groups excluding carboxylic acids is 1. The normalized spacial score (nSPS) is 16.5. The van der Waals surface area contributed by atoms with Gasteiger partial charge in [-0.3, -0.25) is 4.79 Å². The molecule has 0 saturated carbocycles. The number of aryl methyl sites for hydroxylation is 1. The van der Waals surface area contributed by atoms with E-state index in [0.29, 0.717) is 18.8 Å². The van der Waals surface area contributed by atoms with Crippen molar-refractivity contribution in [3.05, 3.63) is 36.7 Å². The second kappa shape index (κ2) is 7.81. The van der Waals surface area contributed by atoms with Crippen LogP contribution in [0.5, 0.6) is 0 Å². The maximum absolute atomic E-state index is 12.5. The van der Waals surface area contributed by atoms with Gasteiger partial charge in [0, 0.05) is 38.2 Å². The van der Waals surface area contributed by atoms with E-state index in [1.807, 2.05) is 17.8 Å². The van der Waals surface area contributed by atoms with Crippen LogP contribution in [-0.4, -0.2) is 46.5 Å². The predicted octanol–water partition coefficient (Wildman–Crippen LogP) is 2.32. The molecule has 26 heavy (non-hydrogen) atoms. The minimum atomic E-state index is -3.43. The molecule has 1 fully saturated rings. The molecule has 1 N–H and O–H groups in total. The number of carbonyl (C=O) groups is 1. The van der Waals surface area contributed by atoms with Crippen LogP contribution in [0.4, 0.5) is 5.69 Å². The van der Waals surface area contributed by atoms with Crippen molar-refractivity contribution in [3.63, 3.8) is 0 Å². The van der Waals surface area contributed by atoms with Gasteiger partial charge in [0.2, 0.25) is 15.9 Å². The molecule has 1 atom stereocenters. The molecule has 1 unspecified atom stereocenters. The van der Waals surface area contributed by atoms with E-state index in [9.17, 15) is 13.2 Å². The number of sulfonamides is 1. The molecular weight excluding hydrogens is 372 g/mol. The Bertz CT molecular complexity index is 872. The molecule has 0 aliphatic carbocycles. The maximum Gasteiger partial charge on any atom is 0.243 e. The number of aromatic nitrogens is 2. The first-order chi connectivity index (χ1) is 12.4. The van der Waals surface area contributed by atoms with Crippen LogP contribution in [0.2, 0.25) is 0 Å². The molecule has 1 aliphatic heterocycles. The van der Waals surface area contributed by atoms with Gasteiger partial charge in [-0.25, -0.2) is 13.4 Å². The molecule has 0 radical (unpaired) electrons. The number of nitrogens with zero attached hydrogens (tertiary/aromatic N) is 3. The fraction of sp³-hybridized carbons (Fsp3) is 0.412. The zero-order valence-electron chi connectivity index (χ0n) is 14.8. The van der Waals surface area contributed by atoms with Gasteiger partial charge in [0.15, 0.2) is 5.16 Å². The van der Waals surface area contributed by atoms with E-state index in [4.69, 9.17) is 0 Å². The van der Waals surface area contributed by atoms with E-state index in [0.717, 1.165) is 18.0 Å². The standard InChI is InChI=1S/C17H22N4O3S2/c1-13(25-17-18-9-12-20(17)2)16(22)19-14-5-7-15(8-6-14)26(23,24)21-10-3-4-11-21/h5-9,12-13H,3-4,10-11H2,1-2H3,(H,19,22). The van der Waals surface area contributed by atoms with Gasteiger partial charge in [0.05, 0.1) is 10.1 Å². The number of nitrogens with one attached hydrogen (secondary N) is 1. The van der Waals surface area contributed by atoms with Crippen molar-refractivity contribution < 1.29 is 13.2 Å². The predicted molar refractivity (Wildman–Crippen MR) is 102 cm³/mol. The highest BCUT2D eigenvalue weighted by molar-refractivity contribution is 8.00. The summed E-state index contributed by atoms with van der Waals surface area (Å²) in [4.78, 5) is 16.8. The van der Waals surface area contributed by atoms with Crippen molar-refractivity contribution >= 4 is 33.4 Å². The van der Waals surface area contributed by atoms with Gasteiger partial charge < -0.3 is 9.88 Å². The summed E-state index contributed by atoms with van der Waals surface area (Å²) < 4.78 is 28.4. The van der Waals surface area contributed by atoms with Crippen LogP contribution in [0, 0.1) is 0 Å². The number of anilines is 1. The highest BCUT2D eigenvalue weighted by atomic mass is 32.2. The summed E-state index contributed by atoms with van der Waals surface area (Å²) in [6, 6.07) is 6.33. The van der Waals surface area contributed by atoms with E-state index in [2.05, 4.69) is 10.3 Å². The third kappa shape index (κ3) is 4.11. The molecule has 7 nitrogen and oxygen atoms in total. The Kier molecular flexibility index (Phi) is 5.69. The first-order valence-corrected chi connectivity index (χ1v) is 10.7. The first kappa shape index (κ1) is 18.9. The quantitative estimate of drug-likeness (QED) is 0.760. The minimum Gasteiger partial charge on any atom is -0.329 e. The number of benzene rings is 1. The molecule has 1 amide bonds. The van der Waals surface area contributed by atoms with Crippen LogP contribution in [0.15, 0.2) is 46.7 Å². The smallest absolute Gasteiger partial charge is 0.243 e. The second-order valence-corrected chi connectivity index (χ2v) is 9.45. The Morgan fingerprint density at radius 1 is 1.23 bits per heavy atom. The Balaban J connectivity index is 1.63. The Hall–Kier alpha value is -1.84. The molecule has 2 aromatic rings. The van der Waals surface area contributed by atoms with Crippen LogP contribution < -0.4 is 5.32 Å². The average molecular weight is 395 g/mol. The number of hydrogen-bond acceptors (Lipinski definition) is 5. The van der Waals surface area contributed by atoms with Crippen LogP contribution in [-0.2, 0) is 21.9 Å². The lowest BCUT2D eigenvalue weighted by atomic mass is 10.3. The largest absolute Gasteiger partial charge is 0.329 e. The fourth-order valence-corrected chi connectivity index (χ4v) is 5.06. The van der Waals surface area contributed by atoms with Gasteiger partial charge in [0.1, 0.15) is 0 Å². The van der Waals surface area contributed by atoms with Gasteiger partial charge in [-0.05, 0) is 44.0 Å².